The van der Waals surface area contributed by atoms with Crippen molar-refractivity contribution in [2.45, 2.75) is 73.5 Å². The monoisotopic (exact) mass is 898 g/mol. The topological polar surface area (TPSA) is 6.48 Å². The molecule has 8 aromatic carbocycles. The minimum absolute atomic E-state index is 1.23. The molecule has 4 aliphatic heterocycles. The van der Waals surface area contributed by atoms with Crippen molar-refractivity contribution in [1.82, 2.24) is 0 Å². The Bertz CT molecular complexity index is 2960. The molecule has 7 heteroatoms. The summed E-state index contributed by atoms with van der Waals surface area (Å²) in [7, 11) is -6.76. The highest BCUT2D eigenvalue weighted by molar-refractivity contribution is 8.01. The summed E-state index contributed by atoms with van der Waals surface area (Å²) in [5.74, 6) is 0. The molecule has 0 aliphatic carbocycles. The van der Waals surface area contributed by atoms with Gasteiger partial charge < -0.3 is 9.80 Å². The van der Waals surface area contributed by atoms with Crippen molar-refractivity contribution in [3.8, 4) is 0 Å². The second-order valence-corrected chi connectivity index (χ2v) is 33.8. The summed E-state index contributed by atoms with van der Waals surface area (Å²) in [6.07, 6.45) is 0. The second-order valence-electron chi connectivity index (χ2n) is 19.3. The fourth-order valence-corrected chi connectivity index (χ4v) is 27.0. The molecule has 2 nitrogen and oxygen atoms in total. The lowest BCUT2D eigenvalue weighted by atomic mass is 10.1. The number of hydrogen-bond acceptors (Lipinski definition) is 4. The molecule has 0 amide bonds. The van der Waals surface area contributed by atoms with Crippen LogP contribution in [0.25, 0.3) is 0 Å². The van der Waals surface area contributed by atoms with E-state index in [1.54, 1.807) is 5.19 Å². The molecule has 0 fully saturated rings. The van der Waals surface area contributed by atoms with Crippen LogP contribution in [0.2, 0.25) is 26.2 Å². The van der Waals surface area contributed by atoms with Crippen LogP contribution in [-0.2, 0) is 0 Å². The molecule has 0 unspecified atom stereocenters. The lowest BCUT2D eigenvalue weighted by Crippen LogP contribution is -2.78. The number of anilines is 6. The predicted octanol–water partition coefficient (Wildman–Crippen LogP) is 10.4. The van der Waals surface area contributed by atoms with Crippen molar-refractivity contribution in [3.05, 3.63) is 180 Å². The first-order chi connectivity index (χ1) is 30.3. The third kappa shape index (κ3) is 5.56. The van der Waals surface area contributed by atoms with Crippen LogP contribution in [-0.4, -0.2) is 24.2 Å². The van der Waals surface area contributed by atoms with E-state index in [0.29, 0.717) is 0 Å². The Kier molecular flexibility index (Phi) is 8.65. The maximum Gasteiger partial charge on any atom is 0.184 e. The van der Waals surface area contributed by atoms with E-state index in [1.807, 2.05) is 23.5 Å². The first-order valence-corrected chi connectivity index (χ1v) is 31.9. The van der Waals surface area contributed by atoms with Gasteiger partial charge in [-0.1, -0.05) is 169 Å². The first kappa shape index (κ1) is 39.3. The van der Waals surface area contributed by atoms with Crippen molar-refractivity contribution >= 4 is 123 Å². The van der Waals surface area contributed by atoms with Crippen molar-refractivity contribution in [2.24, 2.45) is 0 Å². The number of benzene rings is 8. The van der Waals surface area contributed by atoms with Gasteiger partial charge >= 0.3 is 0 Å². The average Bonchev–Trinajstić information content (AvgIpc) is 3.27. The van der Waals surface area contributed by atoms with E-state index >= 15 is 0 Å². The molecule has 4 heterocycles. The molecule has 0 atom stereocenters. The molecular weight excluding hydrogens is 849 g/mol. The third-order valence-corrected chi connectivity index (χ3v) is 29.5. The summed E-state index contributed by atoms with van der Waals surface area (Å²) >= 11 is 3.95. The summed E-state index contributed by atoms with van der Waals surface area (Å²) in [6.45, 7) is 19.1. The van der Waals surface area contributed by atoms with Crippen LogP contribution in [0.1, 0.15) is 22.3 Å². The van der Waals surface area contributed by atoms with Crippen LogP contribution in [0, 0.1) is 27.7 Å². The fraction of sp³-hybridized carbons (Fsp3) is 0.143. The second kappa shape index (κ2) is 13.9. The molecule has 0 saturated carbocycles. The maximum absolute atomic E-state index is 2.82. The summed E-state index contributed by atoms with van der Waals surface area (Å²) < 4.78 is 0. The predicted molar refractivity (Wildman–Crippen MR) is 280 cm³/mol. The van der Waals surface area contributed by atoms with Gasteiger partial charge in [-0.15, -0.1) is 0 Å². The number of rotatable bonds is 3. The van der Waals surface area contributed by atoms with Gasteiger partial charge in [0, 0.05) is 53.7 Å². The Hall–Kier alpha value is -5.29. The highest BCUT2D eigenvalue weighted by Gasteiger charge is 2.52. The fourth-order valence-electron chi connectivity index (χ4n) is 11.4. The SMILES string of the molecule is Cc1ccc2c(c1)[Si](C)(C)c1cc(C)ccc1N2c1ccc2c(c1)Sc1cccc3c1[Si]2(c1ccccc1)c1ccc(N2c4ccc(C)cc4[Si](C)(C)c4cc(C)ccc42)cc1S3. The molecule has 8 aromatic rings. The molecular formula is C56H50N2S2Si3. The lowest BCUT2D eigenvalue weighted by Gasteiger charge is -2.45. The summed E-state index contributed by atoms with van der Waals surface area (Å²) in [5, 5.41) is 12.0. The smallest absolute Gasteiger partial charge is 0.184 e. The molecule has 0 spiro atoms. The molecule has 0 saturated heterocycles. The molecule has 308 valence electrons. The van der Waals surface area contributed by atoms with Gasteiger partial charge in [-0.2, -0.15) is 0 Å². The molecule has 0 aromatic heterocycles. The minimum Gasteiger partial charge on any atom is -0.311 e. The van der Waals surface area contributed by atoms with Crippen LogP contribution in [0.5, 0.6) is 0 Å². The van der Waals surface area contributed by atoms with Crippen molar-refractivity contribution in [2.75, 3.05) is 9.80 Å². The Morgan fingerprint density at radius 3 is 1.11 bits per heavy atom. The van der Waals surface area contributed by atoms with Gasteiger partial charge in [0.2, 0.25) is 0 Å². The molecule has 0 radical (unpaired) electrons. The zero-order valence-corrected chi connectivity index (χ0v) is 41.9. The van der Waals surface area contributed by atoms with Crippen LogP contribution in [0.15, 0.2) is 177 Å². The quantitative estimate of drug-likeness (QED) is 0.163. The summed E-state index contributed by atoms with van der Waals surface area (Å²) in [6, 6.07) is 62.3. The first-order valence-electron chi connectivity index (χ1n) is 22.2. The lowest BCUT2D eigenvalue weighted by molar-refractivity contribution is 1.24. The van der Waals surface area contributed by atoms with Crippen LogP contribution >= 0.6 is 23.5 Å². The van der Waals surface area contributed by atoms with Crippen molar-refractivity contribution in [3.63, 3.8) is 0 Å². The zero-order chi connectivity index (χ0) is 43.2. The normalized spacial score (nSPS) is 16.4. The van der Waals surface area contributed by atoms with Crippen LogP contribution in [0.3, 0.4) is 0 Å². The van der Waals surface area contributed by atoms with E-state index in [9.17, 15) is 0 Å². The van der Waals surface area contributed by atoms with Gasteiger partial charge in [-0.3, -0.25) is 0 Å². The van der Waals surface area contributed by atoms with Gasteiger partial charge in [-0.25, -0.2) is 0 Å². The maximum atomic E-state index is 2.57. The number of nitrogens with zero attached hydrogens (tertiary/aromatic N) is 2. The summed E-state index contributed by atoms with van der Waals surface area (Å²) in [5.41, 5.74) is 13.1. The number of hydrogen-bond donors (Lipinski definition) is 0. The Balaban J connectivity index is 1.08. The average molecular weight is 899 g/mol. The van der Waals surface area contributed by atoms with Gasteiger partial charge in [0.25, 0.3) is 0 Å². The van der Waals surface area contributed by atoms with E-state index in [1.165, 1.54) is 112 Å². The Morgan fingerprint density at radius 1 is 0.349 bits per heavy atom. The van der Waals surface area contributed by atoms with Gasteiger partial charge in [0.05, 0.1) is 0 Å². The van der Waals surface area contributed by atoms with Crippen molar-refractivity contribution in [1.29, 1.82) is 0 Å². The standard InChI is InChI=1S/C56H50N2S2Si3/c1-35-17-23-42-52(29-35)61(5,6)53-30-36(2)18-24-43(53)57(42)39-21-27-50-48(33-39)59-46-15-12-16-47-56(46)63(50,41-13-10-9-11-14-41)51-28-22-40(34-49(51)60-47)58-44-25-19-37(3)31-54(44)62(7,8)55-32-38(4)20-26-45(55)58/h9-34H,1-8H3. The van der Waals surface area contributed by atoms with E-state index in [-0.39, 0.29) is 0 Å². The van der Waals surface area contributed by atoms with E-state index in [0.717, 1.165) is 0 Å². The number of fused-ring (bicyclic) bond motifs is 8. The summed E-state index contributed by atoms with van der Waals surface area (Å²) in [4.78, 5) is 10.7. The van der Waals surface area contributed by atoms with E-state index < -0.39 is 24.2 Å². The highest BCUT2D eigenvalue weighted by Crippen LogP contribution is 2.47. The number of aryl methyl sites for hydroxylation is 4. The van der Waals surface area contributed by atoms with E-state index in [4.69, 9.17) is 0 Å². The Labute approximate surface area is 384 Å². The molecule has 0 bridgehead atoms. The largest absolute Gasteiger partial charge is 0.311 e. The zero-order valence-electron chi connectivity index (χ0n) is 37.2. The van der Waals surface area contributed by atoms with Gasteiger partial charge in [-0.05, 0) is 130 Å². The van der Waals surface area contributed by atoms with Crippen molar-refractivity contribution < 1.29 is 0 Å². The molecule has 0 N–H and O–H groups in total. The molecule has 4 aliphatic rings. The minimum atomic E-state index is -2.82. The Morgan fingerprint density at radius 2 is 0.730 bits per heavy atom. The molecule has 12 rings (SSSR count). The van der Waals surface area contributed by atoms with Crippen LogP contribution in [0.4, 0.5) is 34.1 Å². The van der Waals surface area contributed by atoms with Gasteiger partial charge in [0.1, 0.15) is 16.1 Å². The van der Waals surface area contributed by atoms with E-state index in [2.05, 4.69) is 221 Å². The van der Waals surface area contributed by atoms with Crippen LogP contribution < -0.4 is 51.3 Å². The third-order valence-electron chi connectivity index (χ3n) is 14.5. The highest BCUT2D eigenvalue weighted by atomic mass is 32.2. The van der Waals surface area contributed by atoms with Gasteiger partial charge in [0.15, 0.2) is 8.07 Å². The molecule has 63 heavy (non-hydrogen) atoms.